The van der Waals surface area contributed by atoms with Crippen LogP contribution in [-0.4, -0.2) is 30.7 Å². The van der Waals surface area contributed by atoms with Crippen LogP contribution in [0.25, 0.3) is 0 Å². The summed E-state index contributed by atoms with van der Waals surface area (Å²) in [6, 6.07) is 8.52. The lowest BCUT2D eigenvalue weighted by Gasteiger charge is -2.08. The molecular weight excluding hydrogens is 204 g/mol. The van der Waals surface area contributed by atoms with Crippen LogP contribution in [0.3, 0.4) is 0 Å². The van der Waals surface area contributed by atoms with Crippen molar-refractivity contribution in [2.24, 2.45) is 0 Å². The molecule has 0 aromatic heterocycles. The van der Waals surface area contributed by atoms with Crippen LogP contribution in [0.15, 0.2) is 30.3 Å². The first-order valence-corrected chi connectivity index (χ1v) is 5.82. The average Bonchev–Trinajstić information content (AvgIpc) is 2.17. The number of sulfone groups is 1. The Hall–Kier alpha value is -0.910. The maximum absolute atomic E-state index is 11.3. The van der Waals surface area contributed by atoms with Crippen molar-refractivity contribution >= 4 is 9.84 Å². The molecule has 0 fully saturated rings. The Kier molecular flexibility index (Phi) is 3.62. The van der Waals surface area contributed by atoms with Gasteiger partial charge in [-0.25, -0.2) is 8.42 Å². The van der Waals surface area contributed by atoms with Crippen molar-refractivity contribution in [3.05, 3.63) is 35.9 Å². The van der Waals surface area contributed by atoms with Gasteiger partial charge >= 0.3 is 0 Å². The van der Waals surface area contributed by atoms with Crippen LogP contribution in [0.2, 0.25) is 0 Å². The normalized spacial score (nSPS) is 13.9. The molecule has 0 bridgehead atoms. The molecule has 1 atom stereocenters. The molecule has 0 spiro atoms. The van der Waals surface area contributed by atoms with Gasteiger partial charge in [0, 0.05) is 0 Å². The molecule has 0 aliphatic heterocycles. The van der Waals surface area contributed by atoms with Crippen molar-refractivity contribution in [2.75, 3.05) is 6.61 Å². The summed E-state index contributed by atoms with van der Waals surface area (Å²) in [6.45, 7) is -0.769. The van der Waals surface area contributed by atoms with Gasteiger partial charge < -0.3 is 10.2 Å². The second-order valence-electron chi connectivity index (χ2n) is 2.93. The Morgan fingerprint density at radius 3 is 2.29 bits per heavy atom. The first-order valence-electron chi connectivity index (χ1n) is 4.10. The maximum atomic E-state index is 11.3. The number of hydrogen-bond donors (Lipinski definition) is 2. The summed E-state index contributed by atoms with van der Waals surface area (Å²) in [5.41, 5.74) is -1.09. The van der Waals surface area contributed by atoms with Gasteiger partial charge in [-0.1, -0.05) is 30.3 Å². The van der Waals surface area contributed by atoms with E-state index in [9.17, 15) is 8.42 Å². The molecule has 0 heterocycles. The fraction of sp³-hybridized carbons (Fsp3) is 0.333. The summed E-state index contributed by atoms with van der Waals surface area (Å²) in [6.07, 6.45) is 0. The second kappa shape index (κ2) is 4.54. The lowest BCUT2D eigenvalue weighted by atomic mass is 10.2. The molecule has 0 saturated heterocycles. The van der Waals surface area contributed by atoms with E-state index in [1.807, 2.05) is 0 Å². The Bertz CT molecular complexity index is 371. The van der Waals surface area contributed by atoms with Crippen molar-refractivity contribution in [1.29, 1.82) is 0 Å². The molecule has 78 valence electrons. The molecule has 1 unspecified atom stereocenters. The fourth-order valence-electron chi connectivity index (χ4n) is 1.02. The molecule has 0 aliphatic carbocycles. The van der Waals surface area contributed by atoms with Gasteiger partial charge in [-0.15, -0.1) is 0 Å². The molecule has 0 saturated carbocycles. The second-order valence-corrected chi connectivity index (χ2v) is 5.09. The Balaban J connectivity index is 2.79. The Morgan fingerprint density at radius 2 is 1.79 bits per heavy atom. The molecule has 1 aromatic carbocycles. The third kappa shape index (κ3) is 2.80. The minimum Gasteiger partial charge on any atom is -0.393 e. The van der Waals surface area contributed by atoms with Gasteiger partial charge in [0.1, 0.15) is 0 Å². The molecule has 1 aromatic rings. The van der Waals surface area contributed by atoms with Gasteiger partial charge in [0.15, 0.2) is 15.3 Å². The van der Waals surface area contributed by atoms with Gasteiger partial charge in [-0.3, -0.25) is 0 Å². The predicted molar refractivity (Wildman–Crippen MR) is 52.2 cm³/mol. The van der Waals surface area contributed by atoms with E-state index in [2.05, 4.69) is 0 Å². The van der Waals surface area contributed by atoms with Crippen molar-refractivity contribution in [2.45, 2.75) is 11.2 Å². The van der Waals surface area contributed by atoms with Gasteiger partial charge in [-0.05, 0) is 5.56 Å². The summed E-state index contributed by atoms with van der Waals surface area (Å²) in [7, 11) is -3.66. The monoisotopic (exact) mass is 216 g/mol. The number of benzene rings is 1. The van der Waals surface area contributed by atoms with Crippen molar-refractivity contribution in [3.8, 4) is 0 Å². The highest BCUT2D eigenvalue weighted by atomic mass is 32.2. The van der Waals surface area contributed by atoms with Crippen LogP contribution >= 0.6 is 0 Å². The predicted octanol–water partition coefficient (Wildman–Crippen LogP) is -0.0879. The third-order valence-electron chi connectivity index (χ3n) is 1.78. The SMILES string of the molecule is O=S(=O)(Cc1ccccc1)C(O)CO. The van der Waals surface area contributed by atoms with E-state index in [0.29, 0.717) is 5.56 Å². The van der Waals surface area contributed by atoms with E-state index < -0.39 is 21.9 Å². The van der Waals surface area contributed by atoms with E-state index in [-0.39, 0.29) is 5.75 Å². The molecule has 0 amide bonds. The minimum atomic E-state index is -3.66. The van der Waals surface area contributed by atoms with Crippen LogP contribution in [-0.2, 0) is 15.6 Å². The van der Waals surface area contributed by atoms with E-state index in [1.54, 1.807) is 30.3 Å². The van der Waals surface area contributed by atoms with Gasteiger partial charge in [-0.2, -0.15) is 0 Å². The first kappa shape index (κ1) is 11.2. The van der Waals surface area contributed by atoms with Crippen LogP contribution in [0.1, 0.15) is 5.56 Å². The topological polar surface area (TPSA) is 74.6 Å². The van der Waals surface area contributed by atoms with Crippen molar-refractivity contribution in [3.63, 3.8) is 0 Å². The number of hydrogen-bond acceptors (Lipinski definition) is 4. The number of aliphatic hydroxyl groups is 2. The smallest absolute Gasteiger partial charge is 0.183 e. The molecule has 14 heavy (non-hydrogen) atoms. The Labute approximate surface area is 82.7 Å². The highest BCUT2D eigenvalue weighted by Gasteiger charge is 2.21. The minimum absolute atomic E-state index is 0.254. The van der Waals surface area contributed by atoms with E-state index >= 15 is 0 Å². The largest absolute Gasteiger partial charge is 0.393 e. The fourth-order valence-corrected chi connectivity index (χ4v) is 2.09. The average molecular weight is 216 g/mol. The molecule has 4 nitrogen and oxygen atoms in total. The highest BCUT2D eigenvalue weighted by Crippen LogP contribution is 2.09. The zero-order chi connectivity index (χ0) is 10.6. The standard InChI is InChI=1S/C9H12O4S/c10-6-9(11)14(12,13)7-8-4-2-1-3-5-8/h1-5,9-11H,6-7H2. The number of rotatable bonds is 4. The third-order valence-corrected chi connectivity index (χ3v) is 3.50. The zero-order valence-corrected chi connectivity index (χ0v) is 8.31. The maximum Gasteiger partial charge on any atom is 0.183 e. The molecule has 1 rings (SSSR count). The van der Waals surface area contributed by atoms with Crippen LogP contribution < -0.4 is 0 Å². The van der Waals surface area contributed by atoms with E-state index in [4.69, 9.17) is 10.2 Å². The lowest BCUT2D eigenvalue weighted by Crippen LogP contribution is -2.25. The summed E-state index contributed by atoms with van der Waals surface area (Å²) in [5.74, 6) is -0.254. The molecule has 0 radical (unpaired) electrons. The van der Waals surface area contributed by atoms with Gasteiger partial charge in [0.25, 0.3) is 0 Å². The summed E-state index contributed by atoms with van der Waals surface area (Å²) in [5, 5.41) is 17.5. The van der Waals surface area contributed by atoms with Gasteiger partial charge in [0.2, 0.25) is 0 Å². The molecule has 5 heteroatoms. The lowest BCUT2D eigenvalue weighted by molar-refractivity contribution is 0.152. The summed E-state index contributed by atoms with van der Waals surface area (Å²) >= 11 is 0. The molecule has 2 N–H and O–H groups in total. The van der Waals surface area contributed by atoms with E-state index in [1.165, 1.54) is 0 Å². The molecular formula is C9H12O4S. The zero-order valence-electron chi connectivity index (χ0n) is 7.50. The van der Waals surface area contributed by atoms with Crippen molar-refractivity contribution in [1.82, 2.24) is 0 Å². The molecule has 0 aliphatic rings. The summed E-state index contributed by atoms with van der Waals surface area (Å²) < 4.78 is 22.6. The summed E-state index contributed by atoms with van der Waals surface area (Å²) in [4.78, 5) is 0. The van der Waals surface area contributed by atoms with Gasteiger partial charge in [0.05, 0.1) is 12.4 Å². The first-order chi connectivity index (χ1) is 6.56. The van der Waals surface area contributed by atoms with Crippen molar-refractivity contribution < 1.29 is 18.6 Å². The van der Waals surface area contributed by atoms with Crippen LogP contribution in [0.5, 0.6) is 0 Å². The van der Waals surface area contributed by atoms with Crippen LogP contribution in [0, 0.1) is 0 Å². The number of aliphatic hydroxyl groups excluding tert-OH is 2. The van der Waals surface area contributed by atoms with Crippen LogP contribution in [0.4, 0.5) is 0 Å². The highest BCUT2D eigenvalue weighted by molar-refractivity contribution is 7.91. The van der Waals surface area contributed by atoms with E-state index in [0.717, 1.165) is 0 Å². The quantitative estimate of drug-likeness (QED) is 0.737. The Morgan fingerprint density at radius 1 is 1.21 bits per heavy atom.